The lowest BCUT2D eigenvalue weighted by molar-refractivity contribution is 0.236. The minimum Gasteiger partial charge on any atom is -0.296 e. The molecule has 0 N–H and O–H groups in total. The molecule has 2 aromatic rings. The molecule has 2 heterocycles. The molecule has 0 fully saturated rings. The van der Waals surface area contributed by atoms with Crippen molar-refractivity contribution < 1.29 is 0 Å². The van der Waals surface area contributed by atoms with E-state index >= 15 is 0 Å². The highest BCUT2D eigenvalue weighted by Crippen LogP contribution is 2.09. The topological polar surface area (TPSA) is 46.8 Å². The zero-order valence-electron chi connectivity index (χ0n) is 12.7. The van der Waals surface area contributed by atoms with Crippen molar-refractivity contribution >= 4 is 0 Å². The summed E-state index contributed by atoms with van der Waals surface area (Å²) < 4.78 is 1.94. The van der Waals surface area contributed by atoms with Crippen molar-refractivity contribution in [3.05, 3.63) is 41.7 Å². The average Bonchev–Trinajstić information content (AvgIpc) is 2.85. The van der Waals surface area contributed by atoms with E-state index in [4.69, 9.17) is 0 Å². The Morgan fingerprint density at radius 1 is 1.35 bits per heavy atom. The van der Waals surface area contributed by atoms with Gasteiger partial charge in [0.1, 0.15) is 12.2 Å². The summed E-state index contributed by atoms with van der Waals surface area (Å²) in [5.41, 5.74) is 2.40. The van der Waals surface area contributed by atoms with Crippen LogP contribution in [0.1, 0.15) is 30.9 Å². The first-order chi connectivity index (χ1) is 9.60. The smallest absolute Gasteiger partial charge is 0.140 e. The van der Waals surface area contributed by atoms with Gasteiger partial charge in [0.05, 0.1) is 6.54 Å². The first kappa shape index (κ1) is 14.7. The second kappa shape index (κ2) is 6.61. The Labute approximate surface area is 120 Å². The number of hydrogen-bond donors (Lipinski definition) is 0. The number of nitrogens with zero attached hydrogens (tertiary/aromatic N) is 5. The molecule has 0 radical (unpaired) electrons. The van der Waals surface area contributed by atoms with Gasteiger partial charge in [-0.05, 0) is 45.5 Å². The van der Waals surface area contributed by atoms with Crippen LogP contribution in [-0.4, -0.2) is 37.7 Å². The minimum atomic E-state index is 0.409. The summed E-state index contributed by atoms with van der Waals surface area (Å²) in [7, 11) is 2.12. The molecule has 0 aliphatic heterocycles. The molecule has 5 heteroatoms. The highest BCUT2D eigenvalue weighted by atomic mass is 15.3. The summed E-state index contributed by atoms with van der Waals surface area (Å²) in [6.45, 7) is 8.07. The summed E-state index contributed by atoms with van der Waals surface area (Å²) in [6, 6.07) is 4.59. The molecule has 0 spiro atoms. The fourth-order valence-electron chi connectivity index (χ4n) is 2.22. The van der Waals surface area contributed by atoms with E-state index in [0.717, 1.165) is 31.0 Å². The van der Waals surface area contributed by atoms with Gasteiger partial charge in [0.25, 0.3) is 0 Å². The summed E-state index contributed by atoms with van der Waals surface area (Å²) >= 11 is 0. The molecule has 1 unspecified atom stereocenters. The molecule has 108 valence electrons. The van der Waals surface area contributed by atoms with E-state index in [2.05, 4.69) is 53.9 Å². The summed E-state index contributed by atoms with van der Waals surface area (Å²) in [4.78, 5) is 11.0. The van der Waals surface area contributed by atoms with Gasteiger partial charge in [-0.2, -0.15) is 5.10 Å². The van der Waals surface area contributed by atoms with Crippen LogP contribution in [0.4, 0.5) is 0 Å². The molecule has 0 aliphatic carbocycles. The van der Waals surface area contributed by atoms with Crippen LogP contribution in [0.25, 0.3) is 0 Å². The van der Waals surface area contributed by atoms with E-state index < -0.39 is 0 Å². The summed E-state index contributed by atoms with van der Waals surface area (Å²) in [5, 5.41) is 4.21. The first-order valence-corrected chi connectivity index (χ1v) is 7.08. The van der Waals surface area contributed by atoms with E-state index in [-0.39, 0.29) is 0 Å². The number of aryl methyl sites for hydroxylation is 2. The fourth-order valence-corrected chi connectivity index (χ4v) is 2.22. The summed E-state index contributed by atoms with van der Waals surface area (Å²) in [5.74, 6) is 1.01. The van der Waals surface area contributed by atoms with Crippen molar-refractivity contribution in [1.82, 2.24) is 24.6 Å². The molecule has 0 saturated carbocycles. The zero-order chi connectivity index (χ0) is 14.5. The Bertz CT molecular complexity index is 549. The predicted molar refractivity (Wildman–Crippen MR) is 79.3 cm³/mol. The maximum atomic E-state index is 4.43. The second-order valence-corrected chi connectivity index (χ2v) is 5.28. The molecular formula is C15H23N5. The number of pyridine rings is 1. The number of aromatic nitrogens is 4. The van der Waals surface area contributed by atoms with Crippen LogP contribution >= 0.6 is 0 Å². The highest BCUT2D eigenvalue weighted by molar-refractivity contribution is 5.15. The van der Waals surface area contributed by atoms with Crippen molar-refractivity contribution in [3.63, 3.8) is 0 Å². The fraction of sp³-hybridized carbons (Fsp3) is 0.533. The lowest BCUT2D eigenvalue weighted by Crippen LogP contribution is -2.31. The van der Waals surface area contributed by atoms with Gasteiger partial charge in [0, 0.05) is 30.9 Å². The Morgan fingerprint density at radius 2 is 2.15 bits per heavy atom. The molecule has 0 aliphatic rings. The average molecular weight is 273 g/mol. The molecule has 5 nitrogen and oxygen atoms in total. The van der Waals surface area contributed by atoms with Gasteiger partial charge >= 0.3 is 0 Å². The van der Waals surface area contributed by atoms with Gasteiger partial charge in [-0.1, -0.05) is 0 Å². The van der Waals surface area contributed by atoms with E-state index in [9.17, 15) is 0 Å². The third kappa shape index (κ3) is 3.63. The standard InChI is InChI=1S/C15H23N5/c1-5-20-15(17-11-18-20)10-19(4)13(3)9-14-8-12(2)6-7-16-14/h6-8,11,13H,5,9-10H2,1-4H3. The molecule has 0 aromatic carbocycles. The van der Waals surface area contributed by atoms with Gasteiger partial charge in [0.15, 0.2) is 0 Å². The van der Waals surface area contributed by atoms with Crippen LogP contribution in [0.15, 0.2) is 24.7 Å². The van der Waals surface area contributed by atoms with E-state index in [1.807, 2.05) is 16.9 Å². The highest BCUT2D eigenvalue weighted by Gasteiger charge is 2.14. The normalized spacial score (nSPS) is 12.8. The van der Waals surface area contributed by atoms with Crippen molar-refractivity contribution in [2.24, 2.45) is 0 Å². The molecule has 1 atom stereocenters. The third-order valence-corrected chi connectivity index (χ3v) is 3.62. The Morgan fingerprint density at radius 3 is 2.85 bits per heavy atom. The molecule has 2 rings (SSSR count). The van der Waals surface area contributed by atoms with Crippen LogP contribution in [-0.2, 0) is 19.5 Å². The first-order valence-electron chi connectivity index (χ1n) is 7.08. The van der Waals surface area contributed by atoms with Crippen LogP contribution in [0.5, 0.6) is 0 Å². The molecule has 20 heavy (non-hydrogen) atoms. The monoisotopic (exact) mass is 273 g/mol. The van der Waals surface area contributed by atoms with E-state index in [0.29, 0.717) is 6.04 Å². The van der Waals surface area contributed by atoms with Crippen LogP contribution in [0.3, 0.4) is 0 Å². The quantitative estimate of drug-likeness (QED) is 0.808. The Hall–Kier alpha value is -1.75. The van der Waals surface area contributed by atoms with Crippen LogP contribution < -0.4 is 0 Å². The molecular weight excluding hydrogens is 250 g/mol. The van der Waals surface area contributed by atoms with Gasteiger partial charge < -0.3 is 0 Å². The number of rotatable bonds is 6. The molecule has 0 bridgehead atoms. The lowest BCUT2D eigenvalue weighted by Gasteiger charge is -2.24. The van der Waals surface area contributed by atoms with Crippen molar-refractivity contribution in [2.45, 2.75) is 46.3 Å². The van der Waals surface area contributed by atoms with Gasteiger partial charge in [-0.15, -0.1) is 0 Å². The maximum Gasteiger partial charge on any atom is 0.140 e. The second-order valence-electron chi connectivity index (χ2n) is 5.28. The largest absolute Gasteiger partial charge is 0.296 e. The van der Waals surface area contributed by atoms with E-state index in [1.54, 1.807) is 6.33 Å². The SMILES string of the molecule is CCn1ncnc1CN(C)C(C)Cc1cc(C)ccn1. The molecule has 0 saturated heterocycles. The molecule has 2 aromatic heterocycles. The Balaban J connectivity index is 1.97. The zero-order valence-corrected chi connectivity index (χ0v) is 12.7. The van der Waals surface area contributed by atoms with Gasteiger partial charge in [-0.3, -0.25) is 9.88 Å². The van der Waals surface area contributed by atoms with Crippen molar-refractivity contribution in [1.29, 1.82) is 0 Å². The van der Waals surface area contributed by atoms with E-state index in [1.165, 1.54) is 5.56 Å². The Kier molecular flexibility index (Phi) is 4.84. The van der Waals surface area contributed by atoms with Gasteiger partial charge in [-0.25, -0.2) is 9.67 Å². The van der Waals surface area contributed by atoms with Crippen molar-refractivity contribution in [2.75, 3.05) is 7.05 Å². The third-order valence-electron chi connectivity index (χ3n) is 3.62. The number of likely N-dealkylation sites (N-methyl/N-ethyl adjacent to an activating group) is 1. The minimum absolute atomic E-state index is 0.409. The predicted octanol–water partition coefficient (Wildman–Crippen LogP) is 2.06. The maximum absolute atomic E-state index is 4.43. The lowest BCUT2D eigenvalue weighted by atomic mass is 10.1. The summed E-state index contributed by atoms with van der Waals surface area (Å²) in [6.07, 6.45) is 4.45. The number of hydrogen-bond acceptors (Lipinski definition) is 4. The van der Waals surface area contributed by atoms with Gasteiger partial charge in [0.2, 0.25) is 0 Å². The van der Waals surface area contributed by atoms with Crippen LogP contribution in [0, 0.1) is 6.92 Å². The van der Waals surface area contributed by atoms with Crippen LogP contribution in [0.2, 0.25) is 0 Å². The van der Waals surface area contributed by atoms with Crippen molar-refractivity contribution in [3.8, 4) is 0 Å². The molecule has 0 amide bonds.